The first-order valence-electron chi connectivity index (χ1n) is 10.6. The number of likely N-dealkylation sites (N-methyl/N-ethyl adjacent to an activating group) is 1. The number of unbranched alkanes of at least 4 members (excludes halogenated alkanes) is 1. The summed E-state index contributed by atoms with van der Waals surface area (Å²) in [5.41, 5.74) is 0. The molecule has 0 atom stereocenters. The Morgan fingerprint density at radius 2 is 1.85 bits per heavy atom. The first-order chi connectivity index (χ1) is 12.9. The summed E-state index contributed by atoms with van der Waals surface area (Å²) in [7, 11) is 2.20. The van der Waals surface area contributed by atoms with E-state index >= 15 is 0 Å². The second kappa shape index (κ2) is 10.9. The van der Waals surface area contributed by atoms with Crippen LogP contribution in [0.15, 0.2) is 0 Å². The molecule has 0 aromatic carbocycles. The van der Waals surface area contributed by atoms with E-state index in [0.29, 0.717) is 5.92 Å². The number of urea groups is 1. The summed E-state index contributed by atoms with van der Waals surface area (Å²) in [6.45, 7) is 9.01. The molecule has 0 bridgehead atoms. The van der Waals surface area contributed by atoms with Crippen LogP contribution >= 0.6 is 0 Å². The van der Waals surface area contributed by atoms with Gasteiger partial charge < -0.3 is 20.2 Å². The molecule has 0 aromatic rings. The van der Waals surface area contributed by atoms with Crippen LogP contribution < -0.4 is 5.32 Å². The largest absolute Gasteiger partial charge is 0.480 e. The van der Waals surface area contributed by atoms with Gasteiger partial charge in [-0.05, 0) is 58.2 Å². The predicted molar refractivity (Wildman–Crippen MR) is 107 cm³/mol. The molecule has 1 saturated heterocycles. The quantitative estimate of drug-likeness (QED) is 0.605. The summed E-state index contributed by atoms with van der Waals surface area (Å²) >= 11 is 0. The van der Waals surface area contributed by atoms with Crippen LogP contribution in [0.4, 0.5) is 4.79 Å². The van der Waals surface area contributed by atoms with Gasteiger partial charge in [-0.15, -0.1) is 0 Å². The molecule has 0 spiro atoms. The molecule has 0 radical (unpaired) electrons. The molecular weight excluding hydrogens is 344 g/mol. The van der Waals surface area contributed by atoms with Crippen molar-refractivity contribution in [2.75, 3.05) is 46.3 Å². The van der Waals surface area contributed by atoms with Crippen molar-refractivity contribution in [3.63, 3.8) is 0 Å². The predicted octanol–water partition coefficient (Wildman–Crippen LogP) is 2.08. The van der Waals surface area contributed by atoms with E-state index in [4.69, 9.17) is 5.11 Å². The maximum absolute atomic E-state index is 12.5. The van der Waals surface area contributed by atoms with E-state index < -0.39 is 5.97 Å². The number of nitrogens with one attached hydrogen (secondary N) is 1. The molecule has 156 valence electrons. The maximum atomic E-state index is 12.5. The molecule has 1 aliphatic heterocycles. The molecule has 2 fully saturated rings. The molecule has 27 heavy (non-hydrogen) atoms. The van der Waals surface area contributed by atoms with E-state index in [-0.39, 0.29) is 24.7 Å². The highest BCUT2D eigenvalue weighted by atomic mass is 16.4. The highest BCUT2D eigenvalue weighted by molar-refractivity contribution is 5.74. The average molecular weight is 383 g/mol. The first-order valence-corrected chi connectivity index (χ1v) is 10.6. The Kier molecular flexibility index (Phi) is 8.83. The molecular formula is C20H38N4O3. The van der Waals surface area contributed by atoms with Gasteiger partial charge in [-0.1, -0.05) is 20.3 Å². The standard InChI is InChI=1S/C20H38N4O3/c1-4-6-9-22(3)14-16-7-10-24(11-8-16)20(27)21-17-12-18(13-17)23(5-2)15-19(25)26/h16-18H,4-15H2,1-3H3,(H,21,27)(H,25,26). The Labute approximate surface area is 164 Å². The molecule has 1 aliphatic carbocycles. The Bertz CT molecular complexity index is 474. The summed E-state index contributed by atoms with van der Waals surface area (Å²) < 4.78 is 0. The molecule has 1 saturated carbocycles. The fraction of sp³-hybridized carbons (Fsp3) is 0.900. The van der Waals surface area contributed by atoms with Crippen molar-refractivity contribution < 1.29 is 14.7 Å². The van der Waals surface area contributed by atoms with Crippen LogP contribution in [-0.4, -0.2) is 90.2 Å². The first kappa shape index (κ1) is 22.0. The van der Waals surface area contributed by atoms with Crippen molar-refractivity contribution in [3.8, 4) is 0 Å². The fourth-order valence-electron chi connectivity index (χ4n) is 4.22. The lowest BCUT2D eigenvalue weighted by molar-refractivity contribution is -0.139. The zero-order chi connectivity index (χ0) is 19.8. The number of piperidine rings is 1. The van der Waals surface area contributed by atoms with Crippen molar-refractivity contribution in [2.45, 2.75) is 64.5 Å². The van der Waals surface area contributed by atoms with Crippen LogP contribution in [0.2, 0.25) is 0 Å². The molecule has 0 aromatic heterocycles. The van der Waals surface area contributed by atoms with Gasteiger partial charge in [-0.25, -0.2) is 4.79 Å². The van der Waals surface area contributed by atoms with Crippen molar-refractivity contribution >= 4 is 12.0 Å². The zero-order valence-corrected chi connectivity index (χ0v) is 17.3. The van der Waals surface area contributed by atoms with E-state index in [9.17, 15) is 9.59 Å². The van der Waals surface area contributed by atoms with Crippen LogP contribution in [0.1, 0.15) is 52.4 Å². The minimum absolute atomic E-state index is 0.0533. The highest BCUT2D eigenvalue weighted by Gasteiger charge is 2.35. The summed E-state index contributed by atoms with van der Waals surface area (Å²) in [5, 5.41) is 12.1. The fourth-order valence-corrected chi connectivity index (χ4v) is 4.22. The average Bonchev–Trinajstić information content (AvgIpc) is 2.61. The molecule has 2 rings (SSSR count). The van der Waals surface area contributed by atoms with Gasteiger partial charge >= 0.3 is 12.0 Å². The monoisotopic (exact) mass is 382 g/mol. The molecule has 2 N–H and O–H groups in total. The van der Waals surface area contributed by atoms with Gasteiger partial charge in [-0.3, -0.25) is 9.69 Å². The zero-order valence-electron chi connectivity index (χ0n) is 17.3. The molecule has 2 aliphatic rings. The van der Waals surface area contributed by atoms with Crippen molar-refractivity contribution in [3.05, 3.63) is 0 Å². The van der Waals surface area contributed by atoms with Gasteiger partial charge in [0.1, 0.15) is 0 Å². The highest BCUT2D eigenvalue weighted by Crippen LogP contribution is 2.26. The Hall–Kier alpha value is -1.34. The number of nitrogens with zero attached hydrogens (tertiary/aromatic N) is 3. The number of likely N-dealkylation sites (tertiary alicyclic amines) is 1. The Balaban J connectivity index is 1.63. The molecule has 7 heteroatoms. The van der Waals surface area contributed by atoms with Gasteiger partial charge in [0.2, 0.25) is 0 Å². The summed E-state index contributed by atoms with van der Waals surface area (Å²) in [5.74, 6) is -0.0920. The Morgan fingerprint density at radius 1 is 1.19 bits per heavy atom. The number of rotatable bonds is 10. The lowest BCUT2D eigenvalue weighted by atomic mass is 9.85. The second-order valence-electron chi connectivity index (χ2n) is 8.27. The molecule has 0 unspecified atom stereocenters. The van der Waals surface area contributed by atoms with Crippen molar-refractivity contribution in [1.29, 1.82) is 0 Å². The van der Waals surface area contributed by atoms with Crippen LogP contribution in [0, 0.1) is 5.92 Å². The lowest BCUT2D eigenvalue weighted by Crippen LogP contribution is -2.57. The third-order valence-corrected chi connectivity index (χ3v) is 6.07. The normalized spacial score (nSPS) is 23.5. The van der Waals surface area contributed by atoms with Gasteiger partial charge in [0.25, 0.3) is 0 Å². The van der Waals surface area contributed by atoms with Crippen molar-refractivity contribution in [2.24, 2.45) is 5.92 Å². The van der Waals surface area contributed by atoms with Crippen LogP contribution in [0.5, 0.6) is 0 Å². The summed E-state index contributed by atoms with van der Waals surface area (Å²) in [4.78, 5) is 29.7. The second-order valence-corrected chi connectivity index (χ2v) is 8.27. The smallest absolute Gasteiger partial charge is 0.317 e. The van der Waals surface area contributed by atoms with Gasteiger partial charge in [0.05, 0.1) is 6.54 Å². The number of carboxylic acids is 1. The van der Waals surface area contributed by atoms with Gasteiger partial charge in [0.15, 0.2) is 0 Å². The number of aliphatic carboxylic acids is 1. The minimum atomic E-state index is -0.785. The third kappa shape index (κ3) is 6.96. The molecule has 7 nitrogen and oxygen atoms in total. The molecule has 1 heterocycles. The van der Waals surface area contributed by atoms with E-state index in [1.165, 1.54) is 12.8 Å². The third-order valence-electron chi connectivity index (χ3n) is 6.07. The minimum Gasteiger partial charge on any atom is -0.480 e. The van der Waals surface area contributed by atoms with Crippen LogP contribution in [0.25, 0.3) is 0 Å². The maximum Gasteiger partial charge on any atom is 0.317 e. The van der Waals surface area contributed by atoms with E-state index in [1.54, 1.807) is 0 Å². The van der Waals surface area contributed by atoms with E-state index in [2.05, 4.69) is 24.2 Å². The van der Waals surface area contributed by atoms with E-state index in [1.807, 2.05) is 16.7 Å². The number of hydrogen-bond donors (Lipinski definition) is 2. The van der Waals surface area contributed by atoms with Gasteiger partial charge in [0, 0.05) is 31.7 Å². The lowest BCUT2D eigenvalue weighted by Gasteiger charge is -2.43. The number of hydrogen-bond acceptors (Lipinski definition) is 4. The Morgan fingerprint density at radius 3 is 2.41 bits per heavy atom. The summed E-state index contributed by atoms with van der Waals surface area (Å²) in [6.07, 6.45) is 6.36. The number of carboxylic acid groups (broad SMARTS) is 1. The van der Waals surface area contributed by atoms with Crippen LogP contribution in [0.3, 0.4) is 0 Å². The summed E-state index contributed by atoms with van der Waals surface area (Å²) in [6, 6.07) is 0.515. The number of carbonyl (C=O) groups is 2. The van der Waals surface area contributed by atoms with Crippen LogP contribution in [-0.2, 0) is 4.79 Å². The number of amides is 2. The number of carbonyl (C=O) groups excluding carboxylic acids is 1. The van der Waals surface area contributed by atoms with Gasteiger partial charge in [-0.2, -0.15) is 0 Å². The topological polar surface area (TPSA) is 76.1 Å². The van der Waals surface area contributed by atoms with E-state index in [0.717, 1.165) is 58.4 Å². The SMILES string of the molecule is CCCCN(C)CC1CCN(C(=O)NC2CC(N(CC)CC(=O)O)C2)CC1. The van der Waals surface area contributed by atoms with Crippen molar-refractivity contribution in [1.82, 2.24) is 20.0 Å². The molecule has 2 amide bonds.